The molecule has 0 bridgehead atoms. The van der Waals surface area contributed by atoms with Gasteiger partial charge >= 0.3 is 0 Å². The predicted molar refractivity (Wildman–Crippen MR) is 56.7 cm³/mol. The van der Waals surface area contributed by atoms with E-state index in [1.165, 1.54) is 0 Å². The van der Waals surface area contributed by atoms with Crippen LogP contribution in [0.3, 0.4) is 0 Å². The van der Waals surface area contributed by atoms with Gasteiger partial charge in [-0.25, -0.2) is 0 Å². The van der Waals surface area contributed by atoms with E-state index in [1.807, 2.05) is 43.3 Å². The van der Waals surface area contributed by atoms with Crippen LogP contribution in [0.4, 0.5) is 0 Å². The van der Waals surface area contributed by atoms with Crippen LogP contribution in [-0.4, -0.2) is 0 Å². The number of aryl methyl sites for hydroxylation is 1. The Kier molecular flexibility index (Phi) is 2.23. The fraction of sp³-hybridized carbons (Fsp3) is 0.0769. The number of rotatable bonds is 1. The molecule has 0 aliphatic carbocycles. The minimum Gasteiger partial charge on any atom is -0.289 e. The van der Waals surface area contributed by atoms with Gasteiger partial charge in [-0.15, -0.1) is 0 Å². The third-order valence-corrected chi connectivity index (χ3v) is 2.32. The van der Waals surface area contributed by atoms with E-state index in [0.717, 1.165) is 16.7 Å². The molecule has 0 spiro atoms. The molecule has 0 atom stereocenters. The molecule has 0 amide bonds. The minimum atomic E-state index is 0.0850. The molecule has 0 aromatic heterocycles. The summed E-state index contributed by atoms with van der Waals surface area (Å²) in [6.07, 6.45) is 0. The molecule has 0 aliphatic rings. The van der Waals surface area contributed by atoms with Crippen LogP contribution in [0, 0.1) is 6.92 Å². The molecule has 2 aromatic carbocycles. The van der Waals surface area contributed by atoms with Gasteiger partial charge in [-0.1, -0.05) is 42.5 Å². The summed E-state index contributed by atoms with van der Waals surface area (Å²) in [6.45, 7) is 2.02. The Bertz CT molecular complexity index is 403. The van der Waals surface area contributed by atoms with E-state index in [0.29, 0.717) is 0 Å². The molecule has 0 saturated carbocycles. The van der Waals surface area contributed by atoms with Gasteiger partial charge in [0.05, 0.1) is 0 Å². The molecular weight excluding hydrogens is 172 g/mol. The zero-order valence-electron chi connectivity index (χ0n) is 8.03. The lowest BCUT2D eigenvalue weighted by atomic mass is 10.0. The highest BCUT2D eigenvalue weighted by Gasteiger charge is 2.05. The summed E-state index contributed by atoms with van der Waals surface area (Å²) >= 11 is 0. The molecule has 0 unspecified atom stereocenters. The maximum absolute atomic E-state index is 11.6. The number of hydrogen-bond acceptors (Lipinski definition) is 0. The highest BCUT2D eigenvalue weighted by atomic mass is 16.3. The van der Waals surface area contributed by atoms with Crippen molar-refractivity contribution in [3.63, 3.8) is 0 Å². The highest BCUT2D eigenvalue weighted by molar-refractivity contribution is 5.72. The second kappa shape index (κ2) is 3.54. The second-order valence-corrected chi connectivity index (χ2v) is 3.31. The molecule has 2 rings (SSSR count). The molecule has 0 saturated heterocycles. The lowest BCUT2D eigenvalue weighted by Crippen LogP contribution is -1.81. The molecule has 69 valence electrons. The smallest absolute Gasteiger partial charge is 0.186 e. The van der Waals surface area contributed by atoms with Crippen LogP contribution in [-0.2, 0) is 5.11 Å². The molecule has 14 heavy (non-hydrogen) atoms. The molecule has 0 aliphatic heterocycles. The third kappa shape index (κ3) is 1.49. The van der Waals surface area contributed by atoms with Crippen LogP contribution in [0.5, 0.6) is 5.75 Å². The summed E-state index contributed by atoms with van der Waals surface area (Å²) in [6, 6.07) is 15.1. The van der Waals surface area contributed by atoms with E-state index in [9.17, 15) is 5.11 Å². The Balaban J connectivity index is 2.61. The largest absolute Gasteiger partial charge is 0.289 e. The summed E-state index contributed by atoms with van der Waals surface area (Å²) in [5, 5.41) is 11.6. The topological polar surface area (TPSA) is 19.9 Å². The Morgan fingerprint density at radius 1 is 0.786 bits per heavy atom. The molecular formula is C13H11O. The van der Waals surface area contributed by atoms with Crippen molar-refractivity contribution in [1.82, 2.24) is 0 Å². The second-order valence-electron chi connectivity index (χ2n) is 3.31. The normalized spacial score (nSPS) is 10.1. The lowest BCUT2D eigenvalue weighted by Gasteiger charge is -2.05. The van der Waals surface area contributed by atoms with Crippen molar-refractivity contribution in [2.24, 2.45) is 0 Å². The van der Waals surface area contributed by atoms with Crippen LogP contribution in [0.1, 0.15) is 5.56 Å². The Morgan fingerprint density at radius 2 is 1.36 bits per heavy atom. The van der Waals surface area contributed by atoms with Crippen molar-refractivity contribution in [3.05, 3.63) is 54.1 Å². The van der Waals surface area contributed by atoms with Gasteiger partial charge in [0.25, 0.3) is 0 Å². The van der Waals surface area contributed by atoms with Crippen LogP contribution in [0.15, 0.2) is 48.5 Å². The van der Waals surface area contributed by atoms with Crippen LogP contribution in [0.25, 0.3) is 11.1 Å². The zero-order valence-corrected chi connectivity index (χ0v) is 8.03. The van der Waals surface area contributed by atoms with Crippen LogP contribution in [0.2, 0.25) is 0 Å². The summed E-state index contributed by atoms with van der Waals surface area (Å²) in [7, 11) is 0. The van der Waals surface area contributed by atoms with E-state index in [-0.39, 0.29) is 5.75 Å². The summed E-state index contributed by atoms with van der Waals surface area (Å²) in [4.78, 5) is 0. The van der Waals surface area contributed by atoms with Gasteiger partial charge in [0.15, 0.2) is 5.75 Å². The van der Waals surface area contributed by atoms with Crippen molar-refractivity contribution < 1.29 is 5.11 Å². The van der Waals surface area contributed by atoms with E-state index in [2.05, 4.69) is 0 Å². The van der Waals surface area contributed by atoms with Gasteiger partial charge in [0.2, 0.25) is 0 Å². The summed E-state index contributed by atoms with van der Waals surface area (Å²) < 4.78 is 0. The van der Waals surface area contributed by atoms with Gasteiger partial charge in [0.1, 0.15) is 0 Å². The first kappa shape index (κ1) is 8.82. The Labute approximate surface area is 83.6 Å². The van der Waals surface area contributed by atoms with Crippen molar-refractivity contribution in [1.29, 1.82) is 0 Å². The van der Waals surface area contributed by atoms with Gasteiger partial charge in [-0.05, 0) is 24.1 Å². The maximum atomic E-state index is 11.6. The molecule has 0 fully saturated rings. The average Bonchev–Trinajstić information content (AvgIpc) is 2.20. The first-order chi connectivity index (χ1) is 6.79. The average molecular weight is 183 g/mol. The molecule has 0 heterocycles. The summed E-state index contributed by atoms with van der Waals surface area (Å²) in [5.74, 6) is 0.0850. The number of benzene rings is 2. The van der Waals surface area contributed by atoms with E-state index in [1.54, 1.807) is 12.1 Å². The third-order valence-electron chi connectivity index (χ3n) is 2.32. The van der Waals surface area contributed by atoms with Crippen molar-refractivity contribution >= 4 is 0 Å². The number of para-hydroxylation sites is 1. The van der Waals surface area contributed by atoms with Gasteiger partial charge < -0.3 is 0 Å². The SMILES string of the molecule is Cc1ccccc1-c1ccccc1[O]. The Morgan fingerprint density at radius 3 is 2.00 bits per heavy atom. The number of hydrogen-bond donors (Lipinski definition) is 0. The van der Waals surface area contributed by atoms with E-state index in [4.69, 9.17) is 0 Å². The van der Waals surface area contributed by atoms with Gasteiger partial charge in [-0.2, -0.15) is 0 Å². The molecule has 1 nitrogen and oxygen atoms in total. The van der Waals surface area contributed by atoms with Crippen LogP contribution < -0.4 is 0 Å². The van der Waals surface area contributed by atoms with Gasteiger partial charge in [0, 0.05) is 5.56 Å². The lowest BCUT2D eigenvalue weighted by molar-refractivity contribution is 0.356. The fourth-order valence-corrected chi connectivity index (χ4v) is 1.56. The fourth-order valence-electron chi connectivity index (χ4n) is 1.56. The van der Waals surface area contributed by atoms with Crippen molar-refractivity contribution in [2.75, 3.05) is 0 Å². The first-order valence-electron chi connectivity index (χ1n) is 4.61. The van der Waals surface area contributed by atoms with E-state index >= 15 is 0 Å². The summed E-state index contributed by atoms with van der Waals surface area (Å²) in [5.41, 5.74) is 2.94. The predicted octanol–water partition coefficient (Wildman–Crippen LogP) is 3.81. The zero-order chi connectivity index (χ0) is 9.97. The minimum absolute atomic E-state index is 0.0850. The Hall–Kier alpha value is -1.76. The van der Waals surface area contributed by atoms with Gasteiger partial charge in [-0.3, -0.25) is 5.11 Å². The monoisotopic (exact) mass is 183 g/mol. The maximum Gasteiger partial charge on any atom is 0.186 e. The van der Waals surface area contributed by atoms with E-state index < -0.39 is 0 Å². The van der Waals surface area contributed by atoms with Crippen molar-refractivity contribution in [3.8, 4) is 16.9 Å². The molecule has 1 heteroatoms. The van der Waals surface area contributed by atoms with Crippen LogP contribution >= 0.6 is 0 Å². The first-order valence-corrected chi connectivity index (χ1v) is 4.61. The molecule has 2 aromatic rings. The molecule has 0 N–H and O–H groups in total. The standard InChI is InChI=1S/C13H11O/c1-10-6-2-3-7-11(10)12-8-4-5-9-13(12)14/h2-9H,1H3. The van der Waals surface area contributed by atoms with Crippen molar-refractivity contribution in [2.45, 2.75) is 6.92 Å². The quantitative estimate of drug-likeness (QED) is 0.640. The highest BCUT2D eigenvalue weighted by Crippen LogP contribution is 2.30. The molecule has 1 radical (unpaired) electrons.